The van der Waals surface area contributed by atoms with Crippen molar-refractivity contribution in [2.45, 2.75) is 45.6 Å². The van der Waals surface area contributed by atoms with Crippen molar-refractivity contribution in [1.82, 2.24) is 35.4 Å². The third-order valence-corrected chi connectivity index (χ3v) is 5.20. The molecule has 0 unspecified atom stereocenters. The van der Waals surface area contributed by atoms with Crippen molar-refractivity contribution in [3.63, 3.8) is 0 Å². The summed E-state index contributed by atoms with van der Waals surface area (Å²) in [5.74, 6) is 1.12. The molecular weight excluding hydrogens is 406 g/mol. The average Bonchev–Trinajstić information content (AvgIpc) is 3.47. The van der Waals surface area contributed by atoms with Crippen molar-refractivity contribution < 1.29 is 9.90 Å². The Labute approximate surface area is 185 Å². The highest BCUT2D eigenvalue weighted by Crippen LogP contribution is 2.31. The molecule has 0 aliphatic carbocycles. The van der Waals surface area contributed by atoms with Gasteiger partial charge in [0.2, 0.25) is 5.82 Å². The van der Waals surface area contributed by atoms with Gasteiger partial charge in [0.15, 0.2) is 5.82 Å². The van der Waals surface area contributed by atoms with E-state index in [0.29, 0.717) is 24.6 Å². The number of aryl methyl sites for hydroxylation is 2. The van der Waals surface area contributed by atoms with Gasteiger partial charge in [-0.05, 0) is 34.4 Å². The molecule has 0 saturated heterocycles. The van der Waals surface area contributed by atoms with Gasteiger partial charge in [0, 0.05) is 18.4 Å². The van der Waals surface area contributed by atoms with E-state index in [4.69, 9.17) is 5.11 Å². The standard InChI is InChI=1S/C23H25N7O2/c1-2-3-9-21-24-20(12-13-22(31)32)27-30(21)15-16-10-11-18(17-7-5-4-6-8-17)19(14-16)23-25-28-29-26-23/h4-8,10-11,14H,2-3,9,12-13,15H2,1H3,(H,31,32)(H,25,26,28,29). The predicted octanol–water partition coefficient (Wildman–Crippen LogP) is 3.53. The van der Waals surface area contributed by atoms with E-state index in [9.17, 15) is 4.79 Å². The van der Waals surface area contributed by atoms with Crippen LogP contribution in [0.3, 0.4) is 0 Å². The lowest BCUT2D eigenvalue weighted by atomic mass is 9.97. The molecule has 9 nitrogen and oxygen atoms in total. The topological polar surface area (TPSA) is 122 Å². The number of nitrogens with one attached hydrogen (secondary N) is 1. The molecular formula is C23H25N7O2. The number of H-pyrrole nitrogens is 1. The predicted molar refractivity (Wildman–Crippen MR) is 119 cm³/mol. The summed E-state index contributed by atoms with van der Waals surface area (Å²) in [6, 6.07) is 16.3. The van der Waals surface area contributed by atoms with E-state index in [1.807, 2.05) is 35.0 Å². The number of rotatable bonds is 10. The first-order valence-corrected chi connectivity index (χ1v) is 10.7. The van der Waals surface area contributed by atoms with Crippen LogP contribution in [0.25, 0.3) is 22.5 Å². The normalized spacial score (nSPS) is 11.0. The summed E-state index contributed by atoms with van der Waals surface area (Å²) in [4.78, 5) is 15.5. The summed E-state index contributed by atoms with van der Waals surface area (Å²) in [6.45, 7) is 2.66. The van der Waals surface area contributed by atoms with E-state index in [2.05, 4.69) is 55.8 Å². The molecule has 2 N–H and O–H groups in total. The third kappa shape index (κ3) is 5.05. The molecule has 0 spiro atoms. The lowest BCUT2D eigenvalue weighted by Gasteiger charge is -2.11. The molecule has 0 atom stereocenters. The number of hydrogen-bond acceptors (Lipinski definition) is 6. The molecule has 164 valence electrons. The van der Waals surface area contributed by atoms with Gasteiger partial charge < -0.3 is 5.11 Å². The van der Waals surface area contributed by atoms with Crippen molar-refractivity contribution in [1.29, 1.82) is 0 Å². The average molecular weight is 432 g/mol. The number of carbonyl (C=O) groups is 1. The number of aromatic nitrogens is 7. The number of carboxylic acids is 1. The van der Waals surface area contributed by atoms with Gasteiger partial charge in [0.1, 0.15) is 5.82 Å². The minimum atomic E-state index is -0.849. The van der Waals surface area contributed by atoms with E-state index in [0.717, 1.165) is 47.3 Å². The van der Waals surface area contributed by atoms with Crippen LogP contribution in [-0.2, 0) is 24.2 Å². The molecule has 4 rings (SSSR count). The number of benzene rings is 2. The summed E-state index contributed by atoms with van der Waals surface area (Å²) in [5.41, 5.74) is 3.99. The fraction of sp³-hybridized carbons (Fsp3) is 0.304. The van der Waals surface area contributed by atoms with E-state index in [1.165, 1.54) is 0 Å². The van der Waals surface area contributed by atoms with Crippen LogP contribution < -0.4 is 0 Å². The molecule has 0 amide bonds. The number of hydrogen-bond donors (Lipinski definition) is 2. The fourth-order valence-corrected chi connectivity index (χ4v) is 3.59. The van der Waals surface area contributed by atoms with Crippen LogP contribution in [0.2, 0.25) is 0 Å². The lowest BCUT2D eigenvalue weighted by molar-refractivity contribution is -0.137. The smallest absolute Gasteiger partial charge is 0.303 e. The van der Waals surface area contributed by atoms with Crippen molar-refractivity contribution in [3.8, 4) is 22.5 Å². The highest BCUT2D eigenvalue weighted by atomic mass is 16.4. The maximum Gasteiger partial charge on any atom is 0.303 e. The number of tetrazole rings is 1. The summed E-state index contributed by atoms with van der Waals surface area (Å²) < 4.78 is 1.88. The highest BCUT2D eigenvalue weighted by Gasteiger charge is 2.15. The second-order valence-corrected chi connectivity index (χ2v) is 7.58. The van der Waals surface area contributed by atoms with Crippen LogP contribution >= 0.6 is 0 Å². The number of aromatic amines is 1. The molecule has 2 aromatic heterocycles. The molecule has 0 fully saturated rings. The molecule has 0 aliphatic rings. The molecule has 0 radical (unpaired) electrons. The van der Waals surface area contributed by atoms with Gasteiger partial charge in [-0.25, -0.2) is 9.67 Å². The van der Waals surface area contributed by atoms with Crippen molar-refractivity contribution in [2.75, 3.05) is 0 Å². The molecule has 2 aromatic carbocycles. The Morgan fingerprint density at radius 3 is 2.66 bits per heavy atom. The first-order valence-electron chi connectivity index (χ1n) is 10.7. The van der Waals surface area contributed by atoms with Crippen LogP contribution in [0, 0.1) is 0 Å². The Bertz CT molecular complexity index is 1170. The van der Waals surface area contributed by atoms with E-state index < -0.39 is 5.97 Å². The lowest BCUT2D eigenvalue weighted by Crippen LogP contribution is -2.08. The Hall–Kier alpha value is -3.88. The highest BCUT2D eigenvalue weighted by molar-refractivity contribution is 5.80. The van der Waals surface area contributed by atoms with Crippen LogP contribution in [0.4, 0.5) is 0 Å². The Balaban J connectivity index is 1.67. The number of unbranched alkanes of at least 4 members (excludes halogenated alkanes) is 1. The summed E-state index contributed by atoms with van der Waals surface area (Å²) in [5, 5.41) is 28.2. The third-order valence-electron chi connectivity index (χ3n) is 5.20. The zero-order valence-electron chi connectivity index (χ0n) is 17.9. The first-order chi connectivity index (χ1) is 15.6. The van der Waals surface area contributed by atoms with Gasteiger partial charge in [-0.15, -0.1) is 10.2 Å². The summed E-state index contributed by atoms with van der Waals surface area (Å²) >= 11 is 0. The minimum absolute atomic E-state index is 0.0188. The van der Waals surface area contributed by atoms with Gasteiger partial charge in [0.25, 0.3) is 0 Å². The quantitative estimate of drug-likeness (QED) is 0.394. The van der Waals surface area contributed by atoms with Gasteiger partial charge in [-0.1, -0.05) is 55.8 Å². The molecule has 9 heteroatoms. The second kappa shape index (κ2) is 9.95. The molecule has 0 bridgehead atoms. The van der Waals surface area contributed by atoms with Gasteiger partial charge in [-0.3, -0.25) is 4.79 Å². The molecule has 2 heterocycles. The number of nitrogens with zero attached hydrogens (tertiary/aromatic N) is 6. The second-order valence-electron chi connectivity index (χ2n) is 7.58. The Kier molecular flexibility index (Phi) is 6.64. The van der Waals surface area contributed by atoms with Gasteiger partial charge in [0.05, 0.1) is 13.0 Å². The van der Waals surface area contributed by atoms with Crippen LogP contribution in [0.15, 0.2) is 48.5 Å². The number of aliphatic carboxylic acids is 1. The maximum absolute atomic E-state index is 10.9. The molecule has 32 heavy (non-hydrogen) atoms. The van der Waals surface area contributed by atoms with Crippen molar-refractivity contribution in [2.24, 2.45) is 0 Å². The Morgan fingerprint density at radius 2 is 1.94 bits per heavy atom. The van der Waals surface area contributed by atoms with Crippen LogP contribution in [-0.4, -0.2) is 46.5 Å². The molecule has 0 saturated carbocycles. The van der Waals surface area contributed by atoms with Crippen molar-refractivity contribution >= 4 is 5.97 Å². The maximum atomic E-state index is 10.9. The van der Waals surface area contributed by atoms with Crippen LogP contribution in [0.5, 0.6) is 0 Å². The number of carboxylic acid groups (broad SMARTS) is 1. The zero-order valence-corrected chi connectivity index (χ0v) is 17.9. The van der Waals surface area contributed by atoms with Crippen molar-refractivity contribution in [3.05, 3.63) is 65.7 Å². The minimum Gasteiger partial charge on any atom is -0.481 e. The SMILES string of the molecule is CCCCc1nc(CCC(=O)O)nn1Cc1ccc(-c2ccccc2)c(-c2nn[nH]n2)c1. The van der Waals surface area contributed by atoms with E-state index >= 15 is 0 Å². The largest absolute Gasteiger partial charge is 0.481 e. The molecule has 4 aromatic rings. The van der Waals surface area contributed by atoms with E-state index in [1.54, 1.807) is 0 Å². The van der Waals surface area contributed by atoms with Gasteiger partial charge >= 0.3 is 5.97 Å². The van der Waals surface area contributed by atoms with Gasteiger partial charge in [-0.2, -0.15) is 10.3 Å². The molecule has 0 aliphatic heterocycles. The fourth-order valence-electron chi connectivity index (χ4n) is 3.59. The monoisotopic (exact) mass is 431 g/mol. The Morgan fingerprint density at radius 1 is 1.09 bits per heavy atom. The van der Waals surface area contributed by atoms with Crippen LogP contribution in [0.1, 0.15) is 43.4 Å². The summed E-state index contributed by atoms with van der Waals surface area (Å²) in [7, 11) is 0. The summed E-state index contributed by atoms with van der Waals surface area (Å²) in [6.07, 6.45) is 3.19. The zero-order chi connectivity index (χ0) is 22.3. The first kappa shape index (κ1) is 21.4. The van der Waals surface area contributed by atoms with E-state index in [-0.39, 0.29) is 6.42 Å².